The zero-order valence-electron chi connectivity index (χ0n) is 10.9. The van der Waals surface area contributed by atoms with Crippen molar-refractivity contribution in [2.75, 3.05) is 17.2 Å². The molecule has 0 unspecified atom stereocenters. The molecular formula is C14H12Cl2N4O. The quantitative estimate of drug-likeness (QED) is 0.825. The number of aromatic nitrogens is 2. The first-order chi connectivity index (χ1) is 10.1. The summed E-state index contributed by atoms with van der Waals surface area (Å²) in [6.07, 6.45) is 3.01. The summed E-state index contributed by atoms with van der Waals surface area (Å²) in [5.41, 5.74) is 0.774. The summed E-state index contributed by atoms with van der Waals surface area (Å²) in [5, 5.41) is 6.46. The number of nitrogens with one attached hydrogen (secondary N) is 2. The second-order valence-corrected chi connectivity index (χ2v) is 4.86. The number of hydrogen-bond donors (Lipinski definition) is 2. The normalized spacial score (nSPS) is 10.0. The third-order valence-corrected chi connectivity index (χ3v) is 3.24. The number of carbonyl (C=O) groups excluding carboxylic acids is 1. The van der Waals surface area contributed by atoms with Gasteiger partial charge in [-0.3, -0.25) is 4.79 Å². The number of nitrogens with zero attached hydrogens (tertiary/aromatic N) is 2. The van der Waals surface area contributed by atoms with Crippen LogP contribution in [0.2, 0.25) is 10.0 Å². The van der Waals surface area contributed by atoms with Crippen LogP contribution < -0.4 is 10.6 Å². The maximum absolute atomic E-state index is 12.1. The Morgan fingerprint density at radius 3 is 2.76 bits per heavy atom. The van der Waals surface area contributed by atoms with Crippen molar-refractivity contribution in [2.45, 2.75) is 0 Å². The van der Waals surface area contributed by atoms with E-state index in [1.54, 1.807) is 30.3 Å². The van der Waals surface area contributed by atoms with Gasteiger partial charge in [0.1, 0.15) is 17.8 Å². The van der Waals surface area contributed by atoms with Gasteiger partial charge in [-0.2, -0.15) is 0 Å². The van der Waals surface area contributed by atoms with Gasteiger partial charge in [-0.15, -0.1) is 6.58 Å². The van der Waals surface area contributed by atoms with Crippen LogP contribution in [0.3, 0.4) is 0 Å². The van der Waals surface area contributed by atoms with E-state index in [1.165, 1.54) is 6.33 Å². The third kappa shape index (κ3) is 4.18. The Morgan fingerprint density at radius 2 is 2.05 bits per heavy atom. The van der Waals surface area contributed by atoms with Crippen LogP contribution in [0.4, 0.5) is 11.5 Å². The highest BCUT2D eigenvalue weighted by Gasteiger charge is 2.10. The van der Waals surface area contributed by atoms with Crippen LogP contribution in [0.5, 0.6) is 0 Å². The molecule has 2 aromatic rings. The lowest BCUT2D eigenvalue weighted by Gasteiger charge is -2.07. The second-order valence-electron chi connectivity index (χ2n) is 4.04. The summed E-state index contributed by atoms with van der Waals surface area (Å²) >= 11 is 11.7. The fraction of sp³-hybridized carbons (Fsp3) is 0.0714. The monoisotopic (exact) mass is 322 g/mol. The summed E-state index contributed by atoms with van der Waals surface area (Å²) in [6, 6.07) is 6.39. The first kappa shape index (κ1) is 15.3. The van der Waals surface area contributed by atoms with Crippen molar-refractivity contribution in [1.82, 2.24) is 9.97 Å². The molecule has 0 atom stereocenters. The number of amides is 1. The van der Waals surface area contributed by atoms with Crippen LogP contribution in [0.1, 0.15) is 10.5 Å². The number of anilines is 2. The molecule has 1 amide bonds. The van der Waals surface area contributed by atoms with Gasteiger partial charge in [-0.25, -0.2) is 9.97 Å². The molecule has 0 aliphatic rings. The molecule has 7 heteroatoms. The molecule has 0 radical (unpaired) electrons. The van der Waals surface area contributed by atoms with Crippen molar-refractivity contribution in [2.24, 2.45) is 0 Å². The highest BCUT2D eigenvalue weighted by atomic mass is 35.5. The van der Waals surface area contributed by atoms with Gasteiger partial charge in [-0.1, -0.05) is 29.3 Å². The number of halogens is 2. The maximum Gasteiger partial charge on any atom is 0.274 e. The average Bonchev–Trinajstić information content (AvgIpc) is 2.49. The summed E-state index contributed by atoms with van der Waals surface area (Å²) in [7, 11) is 0. The highest BCUT2D eigenvalue weighted by molar-refractivity contribution is 6.42. The van der Waals surface area contributed by atoms with Crippen molar-refractivity contribution in [3.8, 4) is 0 Å². The van der Waals surface area contributed by atoms with Gasteiger partial charge in [-0.05, 0) is 18.2 Å². The van der Waals surface area contributed by atoms with E-state index in [0.717, 1.165) is 0 Å². The molecular weight excluding hydrogens is 311 g/mol. The Balaban J connectivity index is 2.12. The van der Waals surface area contributed by atoms with E-state index in [1.807, 2.05) is 0 Å². The van der Waals surface area contributed by atoms with Gasteiger partial charge in [0.2, 0.25) is 0 Å². The molecule has 0 saturated carbocycles. The lowest BCUT2D eigenvalue weighted by molar-refractivity contribution is 0.102. The van der Waals surface area contributed by atoms with Crippen LogP contribution in [-0.2, 0) is 0 Å². The van der Waals surface area contributed by atoms with Gasteiger partial charge in [0.15, 0.2) is 0 Å². The number of rotatable bonds is 5. The van der Waals surface area contributed by atoms with Gasteiger partial charge in [0.05, 0.1) is 10.0 Å². The molecule has 1 aromatic heterocycles. The van der Waals surface area contributed by atoms with Crippen molar-refractivity contribution in [1.29, 1.82) is 0 Å². The molecule has 0 fully saturated rings. The van der Waals surface area contributed by atoms with Crippen molar-refractivity contribution in [3.63, 3.8) is 0 Å². The predicted molar refractivity (Wildman–Crippen MR) is 85.1 cm³/mol. The summed E-state index contributed by atoms with van der Waals surface area (Å²) in [6.45, 7) is 4.14. The Bertz CT molecular complexity index is 676. The maximum atomic E-state index is 12.1. The lowest BCUT2D eigenvalue weighted by Crippen LogP contribution is -2.14. The van der Waals surface area contributed by atoms with E-state index in [2.05, 4.69) is 27.2 Å². The summed E-state index contributed by atoms with van der Waals surface area (Å²) in [5.74, 6) is 0.182. The lowest BCUT2D eigenvalue weighted by atomic mass is 10.3. The van der Waals surface area contributed by atoms with E-state index in [-0.39, 0.29) is 11.6 Å². The second kappa shape index (κ2) is 7.06. The van der Waals surface area contributed by atoms with E-state index in [0.29, 0.717) is 28.1 Å². The molecule has 1 heterocycles. The molecule has 2 rings (SSSR count). The van der Waals surface area contributed by atoms with Gasteiger partial charge < -0.3 is 10.6 Å². The largest absolute Gasteiger partial charge is 0.366 e. The molecule has 2 N–H and O–H groups in total. The van der Waals surface area contributed by atoms with Gasteiger partial charge in [0, 0.05) is 18.3 Å². The molecule has 1 aromatic carbocycles. The van der Waals surface area contributed by atoms with Crippen LogP contribution in [-0.4, -0.2) is 22.4 Å². The minimum Gasteiger partial charge on any atom is -0.366 e. The molecule has 0 saturated heterocycles. The van der Waals surface area contributed by atoms with Crippen LogP contribution in [0.25, 0.3) is 0 Å². The van der Waals surface area contributed by atoms with Crippen molar-refractivity contribution >= 4 is 40.6 Å². The fourth-order valence-corrected chi connectivity index (χ4v) is 1.82. The fourth-order valence-electron chi connectivity index (χ4n) is 1.52. The summed E-state index contributed by atoms with van der Waals surface area (Å²) in [4.78, 5) is 20.0. The SMILES string of the molecule is C=CCNc1cc(C(=O)Nc2ccc(Cl)c(Cl)c2)ncn1. The van der Waals surface area contributed by atoms with Crippen LogP contribution in [0, 0.1) is 0 Å². The standard InChI is InChI=1S/C14H12Cl2N4O/c1-2-5-17-13-7-12(18-8-19-13)14(21)20-9-3-4-10(15)11(16)6-9/h2-4,6-8H,1,5H2,(H,20,21)(H,17,18,19). The molecule has 0 aliphatic heterocycles. The van der Waals surface area contributed by atoms with Gasteiger partial charge >= 0.3 is 0 Å². The minimum absolute atomic E-state index is 0.239. The Morgan fingerprint density at radius 1 is 1.24 bits per heavy atom. The predicted octanol–water partition coefficient (Wildman–Crippen LogP) is 3.63. The molecule has 0 spiro atoms. The third-order valence-electron chi connectivity index (χ3n) is 2.50. The van der Waals surface area contributed by atoms with E-state index in [9.17, 15) is 4.79 Å². The number of benzene rings is 1. The van der Waals surface area contributed by atoms with Crippen molar-refractivity contribution in [3.05, 3.63) is 59.0 Å². The smallest absolute Gasteiger partial charge is 0.274 e. The highest BCUT2D eigenvalue weighted by Crippen LogP contribution is 2.25. The Labute approximate surface area is 132 Å². The molecule has 0 aliphatic carbocycles. The molecule has 21 heavy (non-hydrogen) atoms. The summed E-state index contributed by atoms with van der Waals surface area (Å²) < 4.78 is 0. The average molecular weight is 323 g/mol. The first-order valence-electron chi connectivity index (χ1n) is 6.03. The first-order valence-corrected chi connectivity index (χ1v) is 6.79. The van der Waals surface area contributed by atoms with Crippen molar-refractivity contribution < 1.29 is 4.79 Å². The minimum atomic E-state index is -0.363. The Kier molecular flexibility index (Phi) is 5.14. The van der Waals surface area contributed by atoms with Crippen LogP contribution >= 0.6 is 23.2 Å². The zero-order chi connectivity index (χ0) is 15.2. The number of carbonyl (C=O) groups is 1. The van der Waals surface area contributed by atoms with E-state index in [4.69, 9.17) is 23.2 Å². The molecule has 5 nitrogen and oxygen atoms in total. The van der Waals surface area contributed by atoms with E-state index >= 15 is 0 Å². The van der Waals surface area contributed by atoms with Gasteiger partial charge in [0.25, 0.3) is 5.91 Å². The van der Waals surface area contributed by atoms with Crippen LogP contribution in [0.15, 0.2) is 43.2 Å². The zero-order valence-corrected chi connectivity index (χ0v) is 12.4. The number of hydrogen-bond acceptors (Lipinski definition) is 4. The molecule has 0 bridgehead atoms. The molecule has 108 valence electrons. The Hall–Kier alpha value is -2.11. The topological polar surface area (TPSA) is 66.9 Å². The van der Waals surface area contributed by atoms with E-state index < -0.39 is 0 Å².